The van der Waals surface area contributed by atoms with Crippen LogP contribution in [-0.2, 0) is 10.0 Å². The van der Waals surface area contributed by atoms with Crippen molar-refractivity contribution in [2.24, 2.45) is 5.92 Å². The van der Waals surface area contributed by atoms with Gasteiger partial charge in [-0.05, 0) is 65.1 Å². The predicted molar refractivity (Wildman–Crippen MR) is 114 cm³/mol. The van der Waals surface area contributed by atoms with E-state index in [4.69, 9.17) is 0 Å². The minimum absolute atomic E-state index is 0.389. The fraction of sp³-hybridized carbons (Fsp3) is 0.632. The molecule has 0 radical (unpaired) electrons. The van der Waals surface area contributed by atoms with Gasteiger partial charge in [-0.3, -0.25) is 0 Å². The molecule has 0 saturated carbocycles. The quantitative estimate of drug-likeness (QED) is 0.673. The molecule has 2 aromatic heterocycles. The van der Waals surface area contributed by atoms with Crippen LogP contribution in [0.2, 0.25) is 0 Å². The molecule has 2 aromatic rings. The van der Waals surface area contributed by atoms with Crippen molar-refractivity contribution in [2.45, 2.75) is 51.9 Å². The Hall–Kier alpha value is -0.800. The molecule has 1 N–H and O–H groups in total. The molecule has 1 aliphatic rings. The van der Waals surface area contributed by atoms with Crippen LogP contribution in [0.25, 0.3) is 9.88 Å². The average molecular weight is 428 g/mol. The first kappa shape index (κ1) is 20.9. The van der Waals surface area contributed by atoms with E-state index in [0.717, 1.165) is 52.4 Å². The van der Waals surface area contributed by atoms with Crippen LogP contribution < -0.4 is 4.72 Å². The molecule has 0 bridgehead atoms. The Kier molecular flexibility index (Phi) is 6.74. The number of aryl methyl sites for hydroxylation is 3. The lowest BCUT2D eigenvalue weighted by Crippen LogP contribution is -2.36. The highest BCUT2D eigenvalue weighted by molar-refractivity contribution is 7.89. The van der Waals surface area contributed by atoms with Gasteiger partial charge in [0, 0.05) is 22.8 Å². The molecule has 1 aliphatic heterocycles. The van der Waals surface area contributed by atoms with Crippen LogP contribution in [0.15, 0.2) is 11.0 Å². The number of nitrogens with one attached hydrogen (secondary N) is 1. The van der Waals surface area contributed by atoms with Gasteiger partial charge in [0.25, 0.3) is 0 Å². The smallest absolute Gasteiger partial charge is 0.241 e. The van der Waals surface area contributed by atoms with Gasteiger partial charge >= 0.3 is 0 Å². The van der Waals surface area contributed by atoms with Gasteiger partial charge < -0.3 is 4.90 Å². The van der Waals surface area contributed by atoms with Crippen molar-refractivity contribution in [1.29, 1.82) is 0 Å². The molecule has 8 heteroatoms. The summed E-state index contributed by atoms with van der Waals surface area (Å²) in [6, 6.07) is 1.77. The van der Waals surface area contributed by atoms with E-state index >= 15 is 0 Å². The lowest BCUT2D eigenvalue weighted by atomic mass is 10.0. The van der Waals surface area contributed by atoms with E-state index < -0.39 is 10.0 Å². The lowest BCUT2D eigenvalue weighted by molar-refractivity contribution is 0.182. The standard InChI is InChI=1S/C19H29N3O2S3/c1-13-7-5-9-22(12-13)10-6-8-20-27(23,24)18-11-17(25-16(18)4)19-21-14(2)15(3)26-19/h11,13,20H,5-10,12H2,1-4H3/t13-/m0/s1. The van der Waals surface area contributed by atoms with E-state index in [1.807, 2.05) is 20.8 Å². The number of nitrogens with zero attached hydrogens (tertiary/aromatic N) is 2. The number of sulfonamides is 1. The Labute approximate surface area is 170 Å². The van der Waals surface area contributed by atoms with Gasteiger partial charge in [0.2, 0.25) is 10.0 Å². The molecular formula is C19H29N3O2S3. The van der Waals surface area contributed by atoms with Gasteiger partial charge in [-0.2, -0.15) is 0 Å². The largest absolute Gasteiger partial charge is 0.303 e. The molecule has 3 heterocycles. The molecule has 0 aromatic carbocycles. The van der Waals surface area contributed by atoms with Gasteiger partial charge in [0.05, 0.1) is 15.5 Å². The molecule has 1 fully saturated rings. The SMILES string of the molecule is Cc1nc(-c2cc(S(=O)(=O)NCCCN3CCC[C@H](C)C3)c(C)s2)sc1C. The summed E-state index contributed by atoms with van der Waals surface area (Å²) in [5.41, 5.74) is 1.01. The second-order valence-electron chi connectivity index (χ2n) is 7.49. The second-order valence-corrected chi connectivity index (χ2v) is 11.7. The van der Waals surface area contributed by atoms with Crippen molar-refractivity contribution in [3.8, 4) is 9.88 Å². The maximum Gasteiger partial charge on any atom is 0.241 e. The molecule has 3 rings (SSSR count). The van der Waals surface area contributed by atoms with E-state index in [1.165, 1.54) is 29.1 Å². The summed E-state index contributed by atoms with van der Waals surface area (Å²) in [5, 5.41) is 0.902. The first-order chi connectivity index (χ1) is 12.8. The molecule has 5 nitrogen and oxygen atoms in total. The normalized spacial score (nSPS) is 18.9. The van der Waals surface area contributed by atoms with Crippen LogP contribution in [0.5, 0.6) is 0 Å². The molecule has 0 unspecified atom stereocenters. The van der Waals surface area contributed by atoms with Crippen LogP contribution >= 0.6 is 22.7 Å². The highest BCUT2D eigenvalue weighted by Gasteiger charge is 2.22. The summed E-state index contributed by atoms with van der Waals surface area (Å²) < 4.78 is 28.3. The van der Waals surface area contributed by atoms with E-state index in [0.29, 0.717) is 11.4 Å². The Morgan fingerprint density at radius 3 is 2.70 bits per heavy atom. The number of piperidine rings is 1. The van der Waals surface area contributed by atoms with E-state index in [2.05, 4.69) is 21.5 Å². The van der Waals surface area contributed by atoms with Gasteiger partial charge in [0.1, 0.15) is 5.01 Å². The number of rotatable bonds is 7. The second kappa shape index (κ2) is 8.69. The highest BCUT2D eigenvalue weighted by Crippen LogP contribution is 2.36. The highest BCUT2D eigenvalue weighted by atomic mass is 32.2. The van der Waals surface area contributed by atoms with Crippen LogP contribution in [0.1, 0.15) is 41.6 Å². The Bertz CT molecular complexity index is 867. The number of thiophene rings is 1. The summed E-state index contributed by atoms with van der Waals surface area (Å²) in [7, 11) is -3.48. The van der Waals surface area contributed by atoms with E-state index in [-0.39, 0.29) is 0 Å². The third-order valence-corrected chi connectivity index (χ3v) is 9.09. The molecule has 0 amide bonds. The van der Waals surface area contributed by atoms with Crippen molar-refractivity contribution in [3.63, 3.8) is 0 Å². The topological polar surface area (TPSA) is 62.3 Å². The monoisotopic (exact) mass is 427 g/mol. The maximum absolute atomic E-state index is 12.7. The number of thiazole rings is 1. The zero-order valence-electron chi connectivity index (χ0n) is 16.5. The van der Waals surface area contributed by atoms with Crippen molar-refractivity contribution < 1.29 is 8.42 Å². The number of likely N-dealkylation sites (tertiary alicyclic amines) is 1. The summed E-state index contributed by atoms with van der Waals surface area (Å²) in [6.07, 6.45) is 3.40. The summed E-state index contributed by atoms with van der Waals surface area (Å²) in [4.78, 5) is 10.3. The van der Waals surface area contributed by atoms with Gasteiger partial charge in [-0.25, -0.2) is 18.1 Å². The van der Waals surface area contributed by atoms with Crippen LogP contribution in [0.4, 0.5) is 0 Å². The third-order valence-electron chi connectivity index (χ3n) is 5.09. The predicted octanol–water partition coefficient (Wildman–Crippen LogP) is 4.20. The first-order valence-electron chi connectivity index (χ1n) is 9.53. The Morgan fingerprint density at radius 2 is 2.04 bits per heavy atom. The molecule has 0 spiro atoms. The molecule has 27 heavy (non-hydrogen) atoms. The average Bonchev–Trinajstić information content (AvgIpc) is 3.15. The number of aromatic nitrogens is 1. The van der Waals surface area contributed by atoms with Crippen molar-refractivity contribution in [3.05, 3.63) is 21.5 Å². The molecule has 1 atom stereocenters. The van der Waals surface area contributed by atoms with Crippen LogP contribution in [0, 0.1) is 26.7 Å². The zero-order chi connectivity index (χ0) is 19.6. The van der Waals surface area contributed by atoms with Gasteiger partial charge in [-0.15, -0.1) is 22.7 Å². The minimum Gasteiger partial charge on any atom is -0.303 e. The molecule has 0 aliphatic carbocycles. The van der Waals surface area contributed by atoms with Crippen LogP contribution in [-0.4, -0.2) is 44.5 Å². The van der Waals surface area contributed by atoms with E-state index in [1.54, 1.807) is 17.4 Å². The first-order valence-corrected chi connectivity index (χ1v) is 12.6. The number of hydrogen-bond acceptors (Lipinski definition) is 6. The number of hydrogen-bond donors (Lipinski definition) is 1. The minimum atomic E-state index is -3.48. The fourth-order valence-electron chi connectivity index (χ4n) is 3.49. The summed E-state index contributed by atoms with van der Waals surface area (Å²) >= 11 is 3.12. The molecular weight excluding hydrogens is 398 g/mol. The van der Waals surface area contributed by atoms with Crippen molar-refractivity contribution >= 4 is 32.7 Å². The Morgan fingerprint density at radius 1 is 1.26 bits per heavy atom. The van der Waals surface area contributed by atoms with Gasteiger partial charge in [0.15, 0.2) is 0 Å². The summed E-state index contributed by atoms with van der Waals surface area (Å²) in [6.45, 7) is 11.9. The zero-order valence-corrected chi connectivity index (χ0v) is 19.0. The van der Waals surface area contributed by atoms with Crippen molar-refractivity contribution in [2.75, 3.05) is 26.2 Å². The summed E-state index contributed by atoms with van der Waals surface area (Å²) in [5.74, 6) is 0.750. The van der Waals surface area contributed by atoms with Crippen molar-refractivity contribution in [1.82, 2.24) is 14.6 Å². The third kappa shape index (κ3) is 5.17. The molecule has 1 saturated heterocycles. The van der Waals surface area contributed by atoms with Crippen LogP contribution in [0.3, 0.4) is 0 Å². The lowest BCUT2D eigenvalue weighted by Gasteiger charge is -2.30. The van der Waals surface area contributed by atoms with E-state index in [9.17, 15) is 8.42 Å². The van der Waals surface area contributed by atoms with Gasteiger partial charge in [-0.1, -0.05) is 6.92 Å². The fourth-order valence-corrected chi connectivity index (χ4v) is 7.12. The molecule has 150 valence electrons. The maximum atomic E-state index is 12.7. The Balaban J connectivity index is 1.59.